The van der Waals surface area contributed by atoms with Crippen molar-refractivity contribution in [2.75, 3.05) is 13.1 Å². The fourth-order valence-corrected chi connectivity index (χ4v) is 3.04. The Morgan fingerprint density at radius 1 is 1.07 bits per heavy atom. The van der Waals surface area contributed by atoms with Gasteiger partial charge in [-0.15, -0.1) is 0 Å². The van der Waals surface area contributed by atoms with Crippen LogP contribution in [-0.2, 0) is 11.2 Å². The topological polar surface area (TPSA) is 88.4 Å². The van der Waals surface area contributed by atoms with Crippen molar-refractivity contribution in [3.63, 3.8) is 0 Å². The van der Waals surface area contributed by atoms with Crippen molar-refractivity contribution in [1.82, 2.24) is 25.2 Å². The largest absolute Gasteiger partial charge is 0.355 e. The summed E-state index contributed by atoms with van der Waals surface area (Å²) >= 11 is 0. The molecule has 27 heavy (non-hydrogen) atoms. The van der Waals surface area contributed by atoms with Gasteiger partial charge in [0.15, 0.2) is 5.65 Å². The first-order valence-corrected chi connectivity index (χ1v) is 8.87. The molecule has 2 N–H and O–H groups in total. The molecule has 0 atom stereocenters. The molecule has 7 heteroatoms. The molecule has 3 rings (SSSR count). The number of carbonyl (C=O) groups excluding carboxylic acids is 2. The number of aryl methyl sites for hydroxylation is 2. The Hall–Kier alpha value is -3.22. The molecule has 0 fully saturated rings. The Bertz CT molecular complexity index is 979. The zero-order valence-electron chi connectivity index (χ0n) is 15.7. The fraction of sp³-hybridized carbons (Fsp3) is 0.300. The molecule has 2 heterocycles. The van der Waals surface area contributed by atoms with Crippen LogP contribution in [0.3, 0.4) is 0 Å². The van der Waals surface area contributed by atoms with Crippen LogP contribution in [0.2, 0.25) is 0 Å². The highest BCUT2D eigenvalue weighted by molar-refractivity contribution is 5.99. The summed E-state index contributed by atoms with van der Waals surface area (Å²) in [6, 6.07) is 10.2. The number of amides is 2. The van der Waals surface area contributed by atoms with E-state index in [1.807, 2.05) is 32.0 Å². The van der Waals surface area contributed by atoms with Crippen molar-refractivity contribution in [3.05, 3.63) is 64.6 Å². The normalized spacial score (nSPS) is 10.8. The van der Waals surface area contributed by atoms with E-state index in [0.717, 1.165) is 23.4 Å². The number of nitrogens with zero attached hydrogens (tertiary/aromatic N) is 3. The van der Waals surface area contributed by atoms with Crippen LogP contribution < -0.4 is 10.6 Å². The van der Waals surface area contributed by atoms with Crippen LogP contribution >= 0.6 is 0 Å². The molecule has 1 aromatic carbocycles. The lowest BCUT2D eigenvalue weighted by Gasteiger charge is -2.12. The van der Waals surface area contributed by atoms with Gasteiger partial charge in [-0.25, -0.2) is 9.50 Å². The van der Waals surface area contributed by atoms with Crippen molar-refractivity contribution in [2.45, 2.75) is 27.2 Å². The third kappa shape index (κ3) is 4.13. The number of benzene rings is 1. The highest BCUT2D eigenvalue weighted by atomic mass is 16.2. The molecular formula is C20H23N5O2. The molecule has 0 bridgehead atoms. The van der Waals surface area contributed by atoms with Gasteiger partial charge in [0, 0.05) is 37.8 Å². The van der Waals surface area contributed by atoms with E-state index in [2.05, 4.69) is 32.8 Å². The van der Waals surface area contributed by atoms with Crippen LogP contribution in [0.1, 0.15) is 39.8 Å². The molecule has 0 radical (unpaired) electrons. The van der Waals surface area contributed by atoms with E-state index in [9.17, 15) is 9.59 Å². The average molecular weight is 365 g/mol. The highest BCUT2D eigenvalue weighted by Crippen LogP contribution is 2.20. The third-order valence-corrected chi connectivity index (χ3v) is 4.46. The minimum atomic E-state index is -0.252. The van der Waals surface area contributed by atoms with Gasteiger partial charge in [-0.3, -0.25) is 9.59 Å². The zero-order valence-corrected chi connectivity index (χ0v) is 15.7. The maximum absolute atomic E-state index is 12.4. The Morgan fingerprint density at radius 2 is 1.78 bits per heavy atom. The van der Waals surface area contributed by atoms with E-state index >= 15 is 0 Å². The second kappa shape index (κ2) is 7.99. The minimum Gasteiger partial charge on any atom is -0.355 e. The standard InChI is InChI=1S/C20H23N5O2/c1-13-17(11-16-7-5-4-6-8-16)14(2)25-19(24-13)18(12-23-25)20(27)22-10-9-21-15(3)26/h4-8,12H,9-11H2,1-3H3,(H,21,26)(H,22,27). The summed E-state index contributed by atoms with van der Waals surface area (Å²) in [7, 11) is 0. The van der Waals surface area contributed by atoms with E-state index in [-0.39, 0.29) is 11.8 Å². The molecule has 7 nitrogen and oxygen atoms in total. The summed E-state index contributed by atoms with van der Waals surface area (Å²) in [6.45, 7) is 6.12. The number of fused-ring (bicyclic) bond motifs is 1. The number of nitrogens with one attached hydrogen (secondary N) is 2. The summed E-state index contributed by atoms with van der Waals surface area (Å²) in [5, 5.41) is 9.78. The first-order chi connectivity index (χ1) is 13.0. The van der Waals surface area contributed by atoms with Gasteiger partial charge >= 0.3 is 0 Å². The van der Waals surface area contributed by atoms with Crippen molar-refractivity contribution in [3.8, 4) is 0 Å². The van der Waals surface area contributed by atoms with Gasteiger partial charge in [-0.1, -0.05) is 30.3 Å². The van der Waals surface area contributed by atoms with Gasteiger partial charge in [0.25, 0.3) is 5.91 Å². The Labute approximate surface area is 157 Å². The number of hydrogen-bond acceptors (Lipinski definition) is 4. The zero-order chi connectivity index (χ0) is 19.4. The smallest absolute Gasteiger partial charge is 0.256 e. The van der Waals surface area contributed by atoms with E-state index in [1.165, 1.54) is 18.7 Å². The lowest BCUT2D eigenvalue weighted by atomic mass is 10.0. The molecule has 0 aliphatic carbocycles. The molecule has 0 aliphatic heterocycles. The van der Waals surface area contributed by atoms with Gasteiger partial charge in [-0.2, -0.15) is 5.10 Å². The van der Waals surface area contributed by atoms with Gasteiger partial charge in [-0.05, 0) is 25.0 Å². The summed E-state index contributed by atoms with van der Waals surface area (Å²) in [5.74, 6) is -0.378. The number of hydrogen-bond donors (Lipinski definition) is 2. The molecular weight excluding hydrogens is 342 g/mol. The van der Waals surface area contributed by atoms with Crippen molar-refractivity contribution >= 4 is 17.5 Å². The predicted molar refractivity (Wildman–Crippen MR) is 103 cm³/mol. The molecule has 2 amide bonds. The monoisotopic (exact) mass is 365 g/mol. The molecule has 2 aromatic heterocycles. The summed E-state index contributed by atoms with van der Waals surface area (Å²) < 4.78 is 1.72. The Balaban J connectivity index is 1.84. The molecule has 0 spiro atoms. The summed E-state index contributed by atoms with van der Waals surface area (Å²) in [4.78, 5) is 28.0. The molecule has 3 aromatic rings. The fourth-order valence-electron chi connectivity index (χ4n) is 3.04. The Morgan fingerprint density at radius 3 is 2.48 bits per heavy atom. The Kier molecular flexibility index (Phi) is 5.49. The SMILES string of the molecule is CC(=O)NCCNC(=O)c1cnn2c(C)c(Cc3ccccc3)c(C)nc12. The lowest BCUT2D eigenvalue weighted by Crippen LogP contribution is -2.33. The van der Waals surface area contributed by atoms with Crippen LogP contribution in [0.4, 0.5) is 0 Å². The number of rotatable bonds is 6. The van der Waals surface area contributed by atoms with Crippen LogP contribution in [0.15, 0.2) is 36.5 Å². The van der Waals surface area contributed by atoms with Gasteiger partial charge in [0.2, 0.25) is 5.91 Å². The van der Waals surface area contributed by atoms with E-state index < -0.39 is 0 Å². The van der Waals surface area contributed by atoms with Crippen LogP contribution in [0.25, 0.3) is 5.65 Å². The minimum absolute atomic E-state index is 0.126. The third-order valence-electron chi connectivity index (χ3n) is 4.46. The van der Waals surface area contributed by atoms with Gasteiger partial charge in [0.1, 0.15) is 5.56 Å². The maximum Gasteiger partial charge on any atom is 0.256 e. The second-order valence-electron chi connectivity index (χ2n) is 6.46. The van der Waals surface area contributed by atoms with Crippen molar-refractivity contribution < 1.29 is 9.59 Å². The van der Waals surface area contributed by atoms with E-state index in [1.54, 1.807) is 4.52 Å². The summed E-state index contributed by atoms with van der Waals surface area (Å²) in [6.07, 6.45) is 2.30. The average Bonchev–Trinajstić information content (AvgIpc) is 3.06. The van der Waals surface area contributed by atoms with Crippen LogP contribution in [-0.4, -0.2) is 39.5 Å². The molecule has 0 aliphatic rings. The molecule has 0 saturated heterocycles. The highest BCUT2D eigenvalue weighted by Gasteiger charge is 2.18. The first kappa shape index (κ1) is 18.6. The molecule has 140 valence electrons. The first-order valence-electron chi connectivity index (χ1n) is 8.87. The van der Waals surface area contributed by atoms with E-state index in [0.29, 0.717) is 24.3 Å². The van der Waals surface area contributed by atoms with Crippen LogP contribution in [0, 0.1) is 13.8 Å². The van der Waals surface area contributed by atoms with Gasteiger partial charge in [0.05, 0.1) is 6.20 Å². The maximum atomic E-state index is 12.4. The van der Waals surface area contributed by atoms with Crippen molar-refractivity contribution in [1.29, 1.82) is 0 Å². The molecule has 0 unspecified atom stereocenters. The predicted octanol–water partition coefficient (Wildman–Crippen LogP) is 1.80. The van der Waals surface area contributed by atoms with Crippen molar-refractivity contribution in [2.24, 2.45) is 0 Å². The quantitative estimate of drug-likeness (QED) is 0.652. The van der Waals surface area contributed by atoms with Crippen LogP contribution in [0.5, 0.6) is 0 Å². The van der Waals surface area contributed by atoms with E-state index in [4.69, 9.17) is 0 Å². The molecule has 0 saturated carbocycles. The van der Waals surface area contributed by atoms with Gasteiger partial charge < -0.3 is 10.6 Å². The summed E-state index contributed by atoms with van der Waals surface area (Å²) in [5.41, 5.74) is 5.13. The number of aromatic nitrogens is 3. The lowest BCUT2D eigenvalue weighted by molar-refractivity contribution is -0.118. The second-order valence-corrected chi connectivity index (χ2v) is 6.46. The number of carbonyl (C=O) groups is 2.